The number of nitrogens with one attached hydrogen (secondary N) is 1. The van der Waals surface area contributed by atoms with Gasteiger partial charge in [-0.2, -0.15) is 4.31 Å². The first-order valence-corrected chi connectivity index (χ1v) is 8.75. The number of ether oxygens (including phenoxy) is 1. The average Bonchev–Trinajstić information content (AvgIpc) is 2.66. The quantitative estimate of drug-likeness (QED) is 0.916. The summed E-state index contributed by atoms with van der Waals surface area (Å²) in [5.74, 6) is 0. The molecule has 1 aliphatic rings. The molecule has 0 saturated carbocycles. The summed E-state index contributed by atoms with van der Waals surface area (Å²) in [6.07, 6.45) is 0.668. The third kappa shape index (κ3) is 3.83. The molecular formula is C15H24N2O3S. The van der Waals surface area contributed by atoms with Gasteiger partial charge in [0.25, 0.3) is 0 Å². The number of sulfonamides is 1. The van der Waals surface area contributed by atoms with Gasteiger partial charge in [-0.3, -0.25) is 0 Å². The topological polar surface area (TPSA) is 58.6 Å². The van der Waals surface area contributed by atoms with Crippen molar-refractivity contribution in [1.29, 1.82) is 0 Å². The van der Waals surface area contributed by atoms with Crippen LogP contribution in [-0.4, -0.2) is 45.6 Å². The molecule has 0 amide bonds. The summed E-state index contributed by atoms with van der Waals surface area (Å²) in [6, 6.07) is 5.61. The third-order valence-electron chi connectivity index (χ3n) is 3.67. The fourth-order valence-corrected chi connectivity index (χ4v) is 4.38. The van der Waals surface area contributed by atoms with Crippen molar-refractivity contribution in [2.24, 2.45) is 0 Å². The van der Waals surface area contributed by atoms with E-state index in [1.54, 1.807) is 10.4 Å². The molecular weight excluding hydrogens is 288 g/mol. The van der Waals surface area contributed by atoms with Crippen LogP contribution in [0.4, 0.5) is 0 Å². The van der Waals surface area contributed by atoms with Crippen LogP contribution in [0.15, 0.2) is 23.1 Å². The van der Waals surface area contributed by atoms with Crippen LogP contribution in [0.3, 0.4) is 0 Å². The first-order valence-electron chi connectivity index (χ1n) is 7.31. The van der Waals surface area contributed by atoms with Gasteiger partial charge in [-0.25, -0.2) is 8.42 Å². The molecule has 1 saturated heterocycles. The monoisotopic (exact) mass is 312 g/mol. The lowest BCUT2D eigenvalue weighted by Gasteiger charge is -2.23. The summed E-state index contributed by atoms with van der Waals surface area (Å²) in [5, 5.41) is 3.05. The summed E-state index contributed by atoms with van der Waals surface area (Å²) in [6.45, 7) is 5.96. The minimum Gasteiger partial charge on any atom is -0.377 e. The Morgan fingerprint density at radius 3 is 2.90 bits per heavy atom. The van der Waals surface area contributed by atoms with Gasteiger partial charge in [0.1, 0.15) is 0 Å². The second kappa shape index (κ2) is 6.87. The van der Waals surface area contributed by atoms with Gasteiger partial charge >= 0.3 is 0 Å². The van der Waals surface area contributed by atoms with Gasteiger partial charge in [-0.15, -0.1) is 0 Å². The largest absolute Gasteiger partial charge is 0.377 e. The molecule has 1 aromatic carbocycles. The van der Waals surface area contributed by atoms with Crippen LogP contribution in [-0.2, 0) is 21.3 Å². The summed E-state index contributed by atoms with van der Waals surface area (Å²) in [7, 11) is -1.62. The standard InChI is InChI=1S/C15H24N2O3S/c1-12-5-6-14(10-16-3)9-15(12)21(18,19)17-7-4-8-20-13(2)11-17/h5-6,9,13,16H,4,7-8,10-11H2,1-3H3. The van der Waals surface area contributed by atoms with Gasteiger partial charge in [0.2, 0.25) is 10.0 Å². The molecule has 0 aromatic heterocycles. The number of hydrogen-bond acceptors (Lipinski definition) is 4. The van der Waals surface area contributed by atoms with Crippen LogP contribution in [0.1, 0.15) is 24.5 Å². The van der Waals surface area contributed by atoms with Gasteiger partial charge in [-0.05, 0) is 44.5 Å². The van der Waals surface area contributed by atoms with Crippen molar-refractivity contribution < 1.29 is 13.2 Å². The zero-order valence-corrected chi connectivity index (χ0v) is 13.7. The Bertz CT molecular complexity index is 587. The number of nitrogens with zero attached hydrogens (tertiary/aromatic N) is 1. The van der Waals surface area contributed by atoms with Crippen molar-refractivity contribution >= 4 is 10.0 Å². The van der Waals surface area contributed by atoms with Crippen molar-refractivity contribution in [3.8, 4) is 0 Å². The molecule has 6 heteroatoms. The summed E-state index contributed by atoms with van der Waals surface area (Å²) in [5.41, 5.74) is 1.76. The molecule has 0 bridgehead atoms. The molecule has 0 radical (unpaired) electrons. The van der Waals surface area contributed by atoms with Crippen molar-refractivity contribution in [1.82, 2.24) is 9.62 Å². The van der Waals surface area contributed by atoms with E-state index in [0.717, 1.165) is 17.5 Å². The van der Waals surface area contributed by atoms with Crippen molar-refractivity contribution in [3.63, 3.8) is 0 Å². The highest BCUT2D eigenvalue weighted by Gasteiger charge is 2.29. The highest BCUT2D eigenvalue weighted by atomic mass is 32.2. The molecule has 1 fully saturated rings. The van der Waals surface area contributed by atoms with E-state index < -0.39 is 10.0 Å². The lowest BCUT2D eigenvalue weighted by atomic mass is 10.1. The first kappa shape index (κ1) is 16.4. The Hall–Kier alpha value is -0.950. The number of hydrogen-bond donors (Lipinski definition) is 1. The Morgan fingerprint density at radius 2 is 2.19 bits per heavy atom. The normalized spacial score (nSPS) is 21.2. The average molecular weight is 312 g/mol. The van der Waals surface area contributed by atoms with Crippen molar-refractivity contribution in [2.75, 3.05) is 26.7 Å². The van der Waals surface area contributed by atoms with Gasteiger partial charge in [-0.1, -0.05) is 12.1 Å². The van der Waals surface area contributed by atoms with Crippen molar-refractivity contribution in [2.45, 2.75) is 37.8 Å². The fraction of sp³-hybridized carbons (Fsp3) is 0.600. The van der Waals surface area contributed by atoms with E-state index in [0.29, 0.717) is 31.1 Å². The number of aryl methyl sites for hydroxylation is 1. The van der Waals surface area contributed by atoms with E-state index in [1.807, 2.05) is 33.0 Å². The van der Waals surface area contributed by atoms with Crippen LogP contribution in [0.2, 0.25) is 0 Å². The molecule has 1 N–H and O–H groups in total. The SMILES string of the molecule is CNCc1ccc(C)c(S(=O)(=O)N2CCCOC(C)C2)c1. The van der Waals surface area contributed by atoms with Crippen LogP contribution in [0.5, 0.6) is 0 Å². The molecule has 21 heavy (non-hydrogen) atoms. The molecule has 1 atom stereocenters. The summed E-state index contributed by atoms with van der Waals surface area (Å²) >= 11 is 0. The smallest absolute Gasteiger partial charge is 0.243 e. The van der Waals surface area contributed by atoms with Crippen LogP contribution >= 0.6 is 0 Å². The van der Waals surface area contributed by atoms with Gasteiger partial charge < -0.3 is 10.1 Å². The highest BCUT2D eigenvalue weighted by Crippen LogP contribution is 2.23. The molecule has 1 heterocycles. The second-order valence-electron chi connectivity index (χ2n) is 5.53. The Kier molecular flexibility index (Phi) is 5.37. The zero-order valence-electron chi connectivity index (χ0n) is 12.9. The fourth-order valence-electron chi connectivity index (χ4n) is 2.55. The molecule has 5 nitrogen and oxygen atoms in total. The highest BCUT2D eigenvalue weighted by molar-refractivity contribution is 7.89. The van der Waals surface area contributed by atoms with E-state index in [9.17, 15) is 8.42 Å². The molecule has 118 valence electrons. The Morgan fingerprint density at radius 1 is 1.43 bits per heavy atom. The van der Waals surface area contributed by atoms with Crippen LogP contribution in [0.25, 0.3) is 0 Å². The minimum atomic E-state index is -3.46. The molecule has 0 aliphatic carbocycles. The zero-order chi connectivity index (χ0) is 15.5. The maximum absolute atomic E-state index is 12.9. The van der Waals surface area contributed by atoms with E-state index >= 15 is 0 Å². The van der Waals surface area contributed by atoms with Crippen LogP contribution < -0.4 is 5.32 Å². The van der Waals surface area contributed by atoms with E-state index in [4.69, 9.17) is 4.74 Å². The van der Waals surface area contributed by atoms with Crippen LogP contribution in [0, 0.1) is 6.92 Å². The third-order valence-corrected chi connectivity index (χ3v) is 5.67. The Labute approximate surface area is 127 Å². The summed E-state index contributed by atoms with van der Waals surface area (Å²) in [4.78, 5) is 0.407. The lowest BCUT2D eigenvalue weighted by Crippen LogP contribution is -2.36. The molecule has 1 unspecified atom stereocenters. The van der Waals surface area contributed by atoms with Gasteiger partial charge in [0.15, 0.2) is 0 Å². The first-order chi connectivity index (χ1) is 9.95. The van der Waals surface area contributed by atoms with Gasteiger partial charge in [0.05, 0.1) is 11.0 Å². The van der Waals surface area contributed by atoms with E-state index in [2.05, 4.69) is 5.32 Å². The predicted molar refractivity (Wildman–Crippen MR) is 82.7 cm³/mol. The Balaban J connectivity index is 2.35. The lowest BCUT2D eigenvalue weighted by molar-refractivity contribution is 0.0752. The van der Waals surface area contributed by atoms with E-state index in [-0.39, 0.29) is 6.10 Å². The number of rotatable bonds is 4. The maximum atomic E-state index is 12.9. The predicted octanol–water partition coefficient (Wildman–Crippen LogP) is 1.51. The van der Waals surface area contributed by atoms with E-state index in [1.165, 1.54) is 0 Å². The summed E-state index contributed by atoms with van der Waals surface area (Å²) < 4.78 is 32.9. The molecule has 1 aromatic rings. The molecule has 2 rings (SSSR count). The van der Waals surface area contributed by atoms with Crippen molar-refractivity contribution in [3.05, 3.63) is 29.3 Å². The molecule has 1 aliphatic heterocycles. The second-order valence-corrected chi connectivity index (χ2v) is 7.43. The molecule has 0 spiro atoms. The van der Waals surface area contributed by atoms with Gasteiger partial charge in [0, 0.05) is 26.2 Å². The minimum absolute atomic E-state index is 0.0666. The maximum Gasteiger partial charge on any atom is 0.243 e. The number of benzene rings is 1.